The Hall–Kier alpha value is -2.18. The number of rotatable bonds is 4. The van der Waals surface area contributed by atoms with Gasteiger partial charge >= 0.3 is 0 Å². The highest BCUT2D eigenvalue weighted by atomic mass is 32.1. The van der Waals surface area contributed by atoms with Gasteiger partial charge in [0.05, 0.1) is 11.5 Å². The first-order valence-corrected chi connectivity index (χ1v) is 8.92. The molecule has 24 heavy (non-hydrogen) atoms. The van der Waals surface area contributed by atoms with E-state index >= 15 is 0 Å². The van der Waals surface area contributed by atoms with Crippen LogP contribution in [0.1, 0.15) is 34.5 Å². The molecule has 0 spiro atoms. The third-order valence-corrected chi connectivity index (χ3v) is 5.03. The number of amides is 2. The van der Waals surface area contributed by atoms with Gasteiger partial charge in [0.2, 0.25) is 5.91 Å². The van der Waals surface area contributed by atoms with Crippen LogP contribution in [0.2, 0.25) is 0 Å². The number of benzene rings is 1. The van der Waals surface area contributed by atoms with E-state index in [0.717, 1.165) is 18.4 Å². The number of likely N-dealkylation sites (tertiary alicyclic amines) is 1. The van der Waals surface area contributed by atoms with Gasteiger partial charge in [0.1, 0.15) is 6.04 Å². The second-order valence-electron chi connectivity index (χ2n) is 5.84. The predicted octanol–water partition coefficient (Wildman–Crippen LogP) is 2.87. The predicted molar refractivity (Wildman–Crippen MR) is 94.0 cm³/mol. The van der Waals surface area contributed by atoms with E-state index in [4.69, 9.17) is 0 Å². The number of carbonyl (C=O) groups excluding carboxylic acids is 2. The van der Waals surface area contributed by atoms with Gasteiger partial charge in [-0.15, -0.1) is 11.3 Å². The van der Waals surface area contributed by atoms with Gasteiger partial charge in [-0.1, -0.05) is 18.2 Å². The molecular weight excluding hydrogens is 324 g/mol. The van der Waals surface area contributed by atoms with Crippen molar-refractivity contribution in [1.82, 2.24) is 4.90 Å². The van der Waals surface area contributed by atoms with Crippen molar-refractivity contribution >= 4 is 28.8 Å². The van der Waals surface area contributed by atoms with Crippen LogP contribution in [0.4, 0.5) is 5.69 Å². The summed E-state index contributed by atoms with van der Waals surface area (Å²) in [6, 6.07) is 10.3. The molecule has 2 heterocycles. The lowest BCUT2D eigenvalue weighted by molar-refractivity contribution is -0.121. The zero-order valence-electron chi connectivity index (χ0n) is 13.3. The summed E-state index contributed by atoms with van der Waals surface area (Å²) < 4.78 is 0. The lowest BCUT2D eigenvalue weighted by Crippen LogP contribution is -2.49. The molecule has 1 saturated heterocycles. The van der Waals surface area contributed by atoms with Crippen molar-refractivity contribution in [3.05, 3.63) is 52.2 Å². The third kappa shape index (κ3) is 3.66. The van der Waals surface area contributed by atoms with Crippen LogP contribution in [0, 0.1) is 0 Å². The average Bonchev–Trinajstić information content (AvgIpc) is 3.16. The highest BCUT2D eigenvalue weighted by molar-refractivity contribution is 7.12. The molecule has 2 aromatic rings. The fourth-order valence-electron chi connectivity index (χ4n) is 2.96. The molecule has 6 heteroatoms. The molecule has 0 bridgehead atoms. The van der Waals surface area contributed by atoms with E-state index in [1.807, 2.05) is 11.4 Å². The Kier molecular flexibility index (Phi) is 5.27. The Morgan fingerprint density at radius 2 is 2.12 bits per heavy atom. The van der Waals surface area contributed by atoms with Crippen molar-refractivity contribution < 1.29 is 14.7 Å². The average molecular weight is 344 g/mol. The van der Waals surface area contributed by atoms with Gasteiger partial charge in [-0.2, -0.15) is 0 Å². The fraction of sp³-hybridized carbons (Fsp3) is 0.333. The molecule has 0 saturated carbocycles. The molecule has 1 aliphatic rings. The van der Waals surface area contributed by atoms with Gasteiger partial charge in [0, 0.05) is 12.2 Å². The van der Waals surface area contributed by atoms with Crippen molar-refractivity contribution in [1.29, 1.82) is 0 Å². The van der Waals surface area contributed by atoms with Gasteiger partial charge in [-0.3, -0.25) is 9.59 Å². The molecule has 1 aliphatic heterocycles. The van der Waals surface area contributed by atoms with E-state index in [1.54, 1.807) is 35.2 Å². The largest absolute Gasteiger partial charge is 0.392 e. The Balaban J connectivity index is 1.74. The number of hydrogen-bond acceptors (Lipinski definition) is 4. The summed E-state index contributed by atoms with van der Waals surface area (Å²) in [6.07, 6.45) is 2.52. The van der Waals surface area contributed by atoms with Crippen molar-refractivity contribution in [3.63, 3.8) is 0 Å². The molecule has 2 N–H and O–H groups in total. The summed E-state index contributed by atoms with van der Waals surface area (Å²) in [5.41, 5.74) is 1.38. The summed E-state index contributed by atoms with van der Waals surface area (Å²) in [7, 11) is 0. The molecule has 2 amide bonds. The standard InChI is InChI=1S/C18H20N2O3S/c21-12-13-5-3-6-14(11-13)19-17(22)15-7-1-2-9-20(15)18(23)16-8-4-10-24-16/h3-6,8,10-11,15,21H,1-2,7,9,12H2,(H,19,22). The van der Waals surface area contributed by atoms with Gasteiger partial charge in [-0.05, 0) is 48.4 Å². The van der Waals surface area contributed by atoms with Crippen molar-refractivity contribution in [3.8, 4) is 0 Å². The van der Waals surface area contributed by atoms with E-state index < -0.39 is 6.04 Å². The zero-order chi connectivity index (χ0) is 16.9. The van der Waals surface area contributed by atoms with Crippen LogP contribution in [0.25, 0.3) is 0 Å². The van der Waals surface area contributed by atoms with Crippen LogP contribution in [-0.2, 0) is 11.4 Å². The van der Waals surface area contributed by atoms with Crippen LogP contribution >= 0.6 is 11.3 Å². The fourth-order valence-corrected chi connectivity index (χ4v) is 3.64. The van der Waals surface area contributed by atoms with Crippen LogP contribution in [0.3, 0.4) is 0 Å². The summed E-state index contributed by atoms with van der Waals surface area (Å²) in [5.74, 6) is -0.247. The van der Waals surface area contributed by atoms with Crippen LogP contribution in [0.5, 0.6) is 0 Å². The highest BCUT2D eigenvalue weighted by Crippen LogP contribution is 2.23. The molecule has 1 unspecified atom stereocenters. The quantitative estimate of drug-likeness (QED) is 0.896. The number of carbonyl (C=O) groups is 2. The molecule has 126 valence electrons. The molecule has 3 rings (SSSR count). The monoisotopic (exact) mass is 344 g/mol. The van der Waals surface area contributed by atoms with Crippen molar-refractivity contribution in [2.75, 3.05) is 11.9 Å². The normalized spacial score (nSPS) is 17.5. The van der Waals surface area contributed by atoms with E-state index in [1.165, 1.54) is 11.3 Å². The molecule has 1 aromatic heterocycles. The Bertz CT molecular complexity index is 715. The molecule has 1 fully saturated rings. The minimum Gasteiger partial charge on any atom is -0.392 e. The molecule has 5 nitrogen and oxygen atoms in total. The summed E-state index contributed by atoms with van der Waals surface area (Å²) >= 11 is 1.40. The van der Waals surface area contributed by atoms with Crippen LogP contribution in [0.15, 0.2) is 41.8 Å². The maximum absolute atomic E-state index is 12.7. The summed E-state index contributed by atoms with van der Waals surface area (Å²) in [6.45, 7) is 0.529. The number of hydrogen-bond donors (Lipinski definition) is 2. The van der Waals surface area contributed by atoms with Gasteiger partial charge in [0.25, 0.3) is 5.91 Å². The van der Waals surface area contributed by atoms with E-state index in [-0.39, 0.29) is 18.4 Å². The lowest BCUT2D eigenvalue weighted by Gasteiger charge is -2.34. The molecule has 1 atom stereocenters. The van der Waals surface area contributed by atoms with E-state index in [2.05, 4.69) is 5.32 Å². The second kappa shape index (κ2) is 7.59. The topological polar surface area (TPSA) is 69.6 Å². The Morgan fingerprint density at radius 1 is 1.25 bits per heavy atom. The maximum atomic E-state index is 12.7. The molecule has 0 radical (unpaired) electrons. The molecular formula is C18H20N2O3S. The number of piperidine rings is 1. The minimum absolute atomic E-state index is 0.0733. The summed E-state index contributed by atoms with van der Waals surface area (Å²) in [5, 5.41) is 13.9. The smallest absolute Gasteiger partial charge is 0.264 e. The number of nitrogens with zero attached hydrogens (tertiary/aromatic N) is 1. The number of aliphatic hydroxyl groups is 1. The number of aliphatic hydroxyl groups excluding tert-OH is 1. The first-order chi connectivity index (χ1) is 11.7. The number of thiophene rings is 1. The number of nitrogens with one attached hydrogen (secondary N) is 1. The Morgan fingerprint density at radius 3 is 2.88 bits per heavy atom. The maximum Gasteiger partial charge on any atom is 0.264 e. The highest BCUT2D eigenvalue weighted by Gasteiger charge is 2.33. The SMILES string of the molecule is O=C(Nc1cccc(CO)c1)C1CCCCN1C(=O)c1cccs1. The van der Waals surface area contributed by atoms with Crippen molar-refractivity contribution in [2.45, 2.75) is 31.9 Å². The van der Waals surface area contributed by atoms with Crippen LogP contribution < -0.4 is 5.32 Å². The first kappa shape index (κ1) is 16.7. The van der Waals surface area contributed by atoms with Gasteiger partial charge in [-0.25, -0.2) is 0 Å². The molecule has 0 aliphatic carbocycles. The van der Waals surface area contributed by atoms with E-state index in [9.17, 15) is 14.7 Å². The van der Waals surface area contributed by atoms with E-state index in [0.29, 0.717) is 23.5 Å². The summed E-state index contributed by atoms with van der Waals surface area (Å²) in [4.78, 5) is 27.7. The van der Waals surface area contributed by atoms with Gasteiger partial charge in [0.15, 0.2) is 0 Å². The third-order valence-electron chi connectivity index (χ3n) is 4.18. The van der Waals surface area contributed by atoms with Crippen LogP contribution in [-0.4, -0.2) is 34.4 Å². The molecule has 1 aromatic carbocycles. The Labute approximate surface area is 144 Å². The zero-order valence-corrected chi connectivity index (χ0v) is 14.1. The lowest BCUT2D eigenvalue weighted by atomic mass is 10.0. The van der Waals surface area contributed by atoms with Crippen molar-refractivity contribution in [2.24, 2.45) is 0 Å². The minimum atomic E-state index is -0.453. The second-order valence-corrected chi connectivity index (χ2v) is 6.78. The number of anilines is 1. The van der Waals surface area contributed by atoms with Gasteiger partial charge < -0.3 is 15.3 Å². The first-order valence-electron chi connectivity index (χ1n) is 8.04.